The van der Waals surface area contributed by atoms with Crippen molar-refractivity contribution in [1.82, 2.24) is 20.4 Å². The number of allylic oxidation sites excluding steroid dienone is 1. The number of esters is 1. The number of methoxy groups -OCH3 is 1. The smallest absolute Gasteiger partial charge is 0.337 e. The molecule has 0 spiro atoms. The number of rotatable bonds is 7. The van der Waals surface area contributed by atoms with Crippen LogP contribution in [-0.4, -0.2) is 61.1 Å². The molecule has 0 saturated carbocycles. The molecule has 0 aliphatic carbocycles. The molecule has 2 aliphatic heterocycles. The minimum Gasteiger partial charge on any atom is -0.466 e. The highest BCUT2D eigenvalue weighted by Crippen LogP contribution is 2.35. The van der Waals surface area contributed by atoms with Crippen LogP contribution in [-0.2, 0) is 9.53 Å². The van der Waals surface area contributed by atoms with Crippen LogP contribution in [0.3, 0.4) is 0 Å². The minimum absolute atomic E-state index is 0.0465. The number of hydrogen-bond acceptors (Lipinski definition) is 5. The molecule has 1 fully saturated rings. The number of nitrogens with one attached hydrogen (secondary N) is 2. The average Bonchev–Trinajstić information content (AvgIpc) is 2.92. The summed E-state index contributed by atoms with van der Waals surface area (Å²) in [6.07, 6.45) is 2.80. The van der Waals surface area contributed by atoms with Gasteiger partial charge in [-0.05, 0) is 87.5 Å². The van der Waals surface area contributed by atoms with Crippen LogP contribution in [0.1, 0.15) is 54.8 Å². The van der Waals surface area contributed by atoms with E-state index in [0.29, 0.717) is 18.9 Å². The van der Waals surface area contributed by atoms with Crippen LogP contribution >= 0.6 is 0 Å². The number of benzene rings is 2. The SMILES string of the molecule is COC(=O)C1=C(C)NC(=O)N(C(=O)NCCCN2CCC(c3ccccc3C)CC2)C1c1ccc(F)c(F)c1. The summed E-state index contributed by atoms with van der Waals surface area (Å²) in [7, 11) is 1.16. The van der Waals surface area contributed by atoms with E-state index in [9.17, 15) is 23.2 Å². The standard InChI is InChI=1S/C29H34F2N4O4/c1-18-7-4-5-8-22(18)20-11-15-34(16-12-20)14-6-13-32-28(37)35-26(21-9-10-23(30)24(31)17-21)25(27(36)39-3)19(2)33-29(35)38/h4-5,7-10,17,20,26H,6,11-16H2,1-3H3,(H,32,37)(H,33,38). The van der Waals surface area contributed by atoms with Crippen LogP contribution in [0.15, 0.2) is 53.7 Å². The number of likely N-dealkylation sites (tertiary alicyclic amines) is 1. The fourth-order valence-electron chi connectivity index (χ4n) is 5.42. The molecule has 0 bridgehead atoms. The third kappa shape index (κ3) is 6.27. The number of piperidine rings is 1. The van der Waals surface area contributed by atoms with Gasteiger partial charge in [0.15, 0.2) is 11.6 Å². The van der Waals surface area contributed by atoms with Crippen molar-refractivity contribution in [3.8, 4) is 0 Å². The maximum absolute atomic E-state index is 14.1. The van der Waals surface area contributed by atoms with Gasteiger partial charge in [-0.2, -0.15) is 0 Å². The van der Waals surface area contributed by atoms with E-state index in [1.54, 1.807) is 0 Å². The molecule has 39 heavy (non-hydrogen) atoms. The Kier molecular flexibility index (Phi) is 8.96. The van der Waals surface area contributed by atoms with Crippen molar-refractivity contribution in [2.45, 2.75) is 45.1 Å². The van der Waals surface area contributed by atoms with E-state index in [-0.39, 0.29) is 16.8 Å². The molecule has 1 unspecified atom stereocenters. The summed E-state index contributed by atoms with van der Waals surface area (Å²) >= 11 is 0. The summed E-state index contributed by atoms with van der Waals surface area (Å²) in [5, 5.41) is 5.23. The fourth-order valence-corrected chi connectivity index (χ4v) is 5.42. The third-order valence-electron chi connectivity index (χ3n) is 7.48. The van der Waals surface area contributed by atoms with Gasteiger partial charge in [0.2, 0.25) is 0 Å². The molecule has 2 aromatic carbocycles. The molecule has 2 heterocycles. The highest BCUT2D eigenvalue weighted by molar-refractivity contribution is 6.01. The summed E-state index contributed by atoms with van der Waals surface area (Å²) in [5.74, 6) is -2.49. The zero-order valence-corrected chi connectivity index (χ0v) is 22.4. The van der Waals surface area contributed by atoms with Crippen molar-refractivity contribution in [1.29, 1.82) is 0 Å². The molecule has 10 heteroatoms. The fraction of sp³-hybridized carbons (Fsp3) is 0.414. The number of halogens is 2. The van der Waals surface area contributed by atoms with Gasteiger partial charge >= 0.3 is 18.0 Å². The average molecular weight is 541 g/mol. The Morgan fingerprint density at radius 2 is 1.79 bits per heavy atom. The Morgan fingerprint density at radius 3 is 2.46 bits per heavy atom. The third-order valence-corrected chi connectivity index (χ3v) is 7.48. The first-order chi connectivity index (χ1) is 18.7. The second-order valence-corrected chi connectivity index (χ2v) is 9.96. The first-order valence-corrected chi connectivity index (χ1v) is 13.1. The second-order valence-electron chi connectivity index (χ2n) is 9.96. The van der Waals surface area contributed by atoms with Gasteiger partial charge in [-0.15, -0.1) is 0 Å². The molecule has 2 aliphatic rings. The molecule has 4 amide bonds. The Hall–Kier alpha value is -3.79. The topological polar surface area (TPSA) is 91.0 Å². The highest BCUT2D eigenvalue weighted by atomic mass is 19.2. The number of aryl methyl sites for hydroxylation is 1. The van der Waals surface area contributed by atoms with Gasteiger partial charge in [-0.25, -0.2) is 28.1 Å². The largest absolute Gasteiger partial charge is 0.466 e. The number of urea groups is 2. The lowest BCUT2D eigenvalue weighted by molar-refractivity contribution is -0.136. The maximum Gasteiger partial charge on any atom is 0.337 e. The van der Waals surface area contributed by atoms with Crippen molar-refractivity contribution in [3.63, 3.8) is 0 Å². The van der Waals surface area contributed by atoms with Crippen molar-refractivity contribution in [3.05, 3.63) is 82.1 Å². The number of ether oxygens (including phenoxy) is 1. The van der Waals surface area contributed by atoms with Gasteiger partial charge in [0.1, 0.15) is 6.04 Å². The van der Waals surface area contributed by atoms with Gasteiger partial charge in [-0.1, -0.05) is 30.3 Å². The molecule has 0 aromatic heterocycles. The molecule has 208 valence electrons. The van der Waals surface area contributed by atoms with Crippen LogP contribution in [0, 0.1) is 18.6 Å². The summed E-state index contributed by atoms with van der Waals surface area (Å²) in [6, 6.07) is 8.66. The molecule has 0 radical (unpaired) electrons. The first-order valence-electron chi connectivity index (χ1n) is 13.1. The lowest BCUT2D eigenvalue weighted by Gasteiger charge is -2.36. The Morgan fingerprint density at radius 1 is 1.08 bits per heavy atom. The minimum atomic E-state index is -1.29. The molecule has 2 N–H and O–H groups in total. The highest BCUT2D eigenvalue weighted by Gasteiger charge is 2.42. The van der Waals surface area contributed by atoms with Crippen LogP contribution in [0.2, 0.25) is 0 Å². The Balaban J connectivity index is 1.38. The Labute approximate surface area is 227 Å². The van der Waals surface area contributed by atoms with Crippen molar-refractivity contribution < 1.29 is 27.9 Å². The quantitative estimate of drug-likeness (QED) is 0.390. The van der Waals surface area contributed by atoms with Crippen LogP contribution in [0.4, 0.5) is 18.4 Å². The molecular formula is C29H34F2N4O4. The van der Waals surface area contributed by atoms with E-state index < -0.39 is 35.7 Å². The first kappa shape index (κ1) is 28.2. The zero-order chi connectivity index (χ0) is 28.1. The van der Waals surface area contributed by atoms with Gasteiger partial charge in [0.25, 0.3) is 0 Å². The van der Waals surface area contributed by atoms with Crippen LogP contribution in [0.5, 0.6) is 0 Å². The van der Waals surface area contributed by atoms with E-state index in [4.69, 9.17) is 4.74 Å². The molecular weight excluding hydrogens is 506 g/mol. The molecule has 1 atom stereocenters. The summed E-state index contributed by atoms with van der Waals surface area (Å²) < 4.78 is 32.6. The van der Waals surface area contributed by atoms with Gasteiger partial charge in [0.05, 0.1) is 12.7 Å². The summed E-state index contributed by atoms with van der Waals surface area (Å²) in [5.41, 5.74) is 2.92. The predicted octanol–water partition coefficient (Wildman–Crippen LogP) is 4.77. The van der Waals surface area contributed by atoms with E-state index in [2.05, 4.69) is 46.7 Å². The number of hydrogen-bond donors (Lipinski definition) is 2. The van der Waals surface area contributed by atoms with Crippen LogP contribution < -0.4 is 10.6 Å². The molecule has 2 aromatic rings. The monoisotopic (exact) mass is 540 g/mol. The van der Waals surface area contributed by atoms with E-state index in [0.717, 1.165) is 56.6 Å². The van der Waals surface area contributed by atoms with E-state index >= 15 is 0 Å². The van der Waals surface area contributed by atoms with E-state index in [1.165, 1.54) is 24.1 Å². The normalized spacial score (nSPS) is 18.6. The number of nitrogens with zero attached hydrogens (tertiary/aromatic N) is 2. The van der Waals surface area contributed by atoms with Crippen molar-refractivity contribution in [2.75, 3.05) is 33.3 Å². The van der Waals surface area contributed by atoms with Gasteiger partial charge < -0.3 is 20.3 Å². The number of carbonyl (C=O) groups is 3. The summed E-state index contributed by atoms with van der Waals surface area (Å²) in [6.45, 7) is 6.63. The number of amides is 4. The van der Waals surface area contributed by atoms with Crippen molar-refractivity contribution in [2.24, 2.45) is 0 Å². The van der Waals surface area contributed by atoms with Crippen molar-refractivity contribution >= 4 is 18.0 Å². The van der Waals surface area contributed by atoms with Crippen LogP contribution in [0.25, 0.3) is 0 Å². The lowest BCUT2D eigenvalue weighted by Crippen LogP contribution is -2.54. The number of carbonyl (C=O) groups excluding carboxylic acids is 3. The predicted molar refractivity (Wildman–Crippen MR) is 142 cm³/mol. The van der Waals surface area contributed by atoms with E-state index in [1.807, 2.05) is 0 Å². The maximum atomic E-state index is 14.1. The number of imide groups is 1. The lowest BCUT2D eigenvalue weighted by atomic mass is 9.87. The second kappa shape index (κ2) is 12.4. The van der Waals surface area contributed by atoms with Gasteiger partial charge in [-0.3, -0.25) is 0 Å². The molecule has 1 saturated heterocycles. The zero-order valence-electron chi connectivity index (χ0n) is 22.4. The van der Waals surface area contributed by atoms with Gasteiger partial charge in [0, 0.05) is 12.2 Å². The molecule has 4 rings (SSSR count). The summed E-state index contributed by atoms with van der Waals surface area (Å²) in [4.78, 5) is 41.8. The Bertz CT molecular complexity index is 1270. The molecule has 8 nitrogen and oxygen atoms in total.